The van der Waals surface area contributed by atoms with Crippen LogP contribution in [0.2, 0.25) is 0 Å². The van der Waals surface area contributed by atoms with Crippen molar-refractivity contribution in [1.82, 2.24) is 14.7 Å². The number of rotatable bonds is 4. The molecule has 0 spiro atoms. The van der Waals surface area contributed by atoms with Gasteiger partial charge in [-0.1, -0.05) is 25.5 Å². The Bertz CT molecular complexity index is 908. The van der Waals surface area contributed by atoms with Crippen molar-refractivity contribution in [3.63, 3.8) is 0 Å². The Morgan fingerprint density at radius 3 is 2.54 bits per heavy atom. The third kappa shape index (κ3) is 2.40. The minimum atomic E-state index is -0.542. The monoisotopic (exact) mass is 382 g/mol. The van der Waals surface area contributed by atoms with E-state index >= 15 is 0 Å². The van der Waals surface area contributed by atoms with Gasteiger partial charge in [-0.05, 0) is 32.4 Å². The van der Waals surface area contributed by atoms with Crippen LogP contribution in [0.5, 0.6) is 0 Å². The highest BCUT2D eigenvalue weighted by Crippen LogP contribution is 2.41. The van der Waals surface area contributed by atoms with E-state index in [1.807, 2.05) is 54.8 Å². The van der Waals surface area contributed by atoms with Crippen molar-refractivity contribution < 1.29 is 9.59 Å². The molecule has 2 atom stereocenters. The zero-order chi connectivity index (χ0) is 20.2. The van der Waals surface area contributed by atoms with Gasteiger partial charge >= 0.3 is 6.03 Å². The van der Waals surface area contributed by atoms with Crippen molar-refractivity contribution in [2.24, 2.45) is 4.99 Å². The Hall–Kier alpha value is -3.03. The Morgan fingerprint density at radius 1 is 1.14 bits per heavy atom. The van der Waals surface area contributed by atoms with Crippen LogP contribution in [0.4, 0.5) is 16.2 Å². The van der Waals surface area contributed by atoms with Crippen molar-refractivity contribution >= 4 is 29.3 Å². The number of nitrogens with two attached hydrogens (primary N) is 1. The third-order valence-electron chi connectivity index (χ3n) is 5.81. The Labute approximate surface area is 164 Å². The summed E-state index contributed by atoms with van der Waals surface area (Å²) >= 11 is 0. The molecular weight excluding hydrogens is 356 g/mol. The number of hydrogen-bond acceptors (Lipinski definition) is 6. The number of nitrogens with zero attached hydrogens (tertiary/aromatic N) is 5. The lowest BCUT2D eigenvalue weighted by Crippen LogP contribution is -2.64. The Balaban J connectivity index is 1.76. The van der Waals surface area contributed by atoms with E-state index in [0.717, 1.165) is 29.9 Å². The maximum atomic E-state index is 13.3. The molecule has 4 rings (SSSR count). The number of unbranched alkanes of at least 4 members (excludes halogenated alkanes) is 1. The number of imide groups is 1. The number of allylic oxidation sites excluding steroid dienone is 2. The fourth-order valence-corrected chi connectivity index (χ4v) is 4.11. The molecule has 0 bridgehead atoms. The first-order valence-corrected chi connectivity index (χ1v) is 9.65. The van der Waals surface area contributed by atoms with Gasteiger partial charge in [-0.15, -0.1) is 0 Å². The summed E-state index contributed by atoms with van der Waals surface area (Å²) in [7, 11) is 1.71. The van der Waals surface area contributed by atoms with Crippen LogP contribution in [0.25, 0.3) is 0 Å². The fourth-order valence-electron chi connectivity index (χ4n) is 4.11. The zero-order valence-corrected chi connectivity index (χ0v) is 16.7. The summed E-state index contributed by atoms with van der Waals surface area (Å²) in [5.41, 5.74) is 9.59. The second-order valence-corrected chi connectivity index (χ2v) is 7.46. The van der Waals surface area contributed by atoms with E-state index in [0.29, 0.717) is 18.2 Å². The predicted molar refractivity (Wildman–Crippen MR) is 108 cm³/mol. The largest absolute Gasteiger partial charge is 0.397 e. The van der Waals surface area contributed by atoms with Crippen LogP contribution in [0, 0.1) is 0 Å². The standard InChI is InChI=1S/C20H26N6O2/c1-5-6-11-24-18(27)16-17(23(4)20(24)28)22-19-25(12(2)13(3)26(16)19)15-10-8-7-9-14(15)21/h7-10,16-17H,5-6,11,21H2,1-4H3. The molecule has 3 aliphatic heterocycles. The maximum Gasteiger partial charge on any atom is 0.328 e. The number of carbonyl (C=O) groups is 2. The van der Waals surface area contributed by atoms with Gasteiger partial charge in [0.25, 0.3) is 5.91 Å². The second kappa shape index (κ2) is 6.54. The van der Waals surface area contributed by atoms with Crippen molar-refractivity contribution in [2.75, 3.05) is 24.2 Å². The normalized spacial score (nSPS) is 24.2. The van der Waals surface area contributed by atoms with Crippen LogP contribution in [-0.2, 0) is 4.79 Å². The van der Waals surface area contributed by atoms with Crippen LogP contribution in [0.15, 0.2) is 40.7 Å². The Kier molecular flexibility index (Phi) is 4.28. The number of urea groups is 1. The van der Waals surface area contributed by atoms with Gasteiger partial charge < -0.3 is 10.6 Å². The van der Waals surface area contributed by atoms with E-state index in [2.05, 4.69) is 0 Å². The number of benzene rings is 1. The SMILES string of the molecule is CCCCN1C(=O)C2C(N=C3N(c4ccccc4N)C(C)=C(C)N32)N(C)C1=O. The highest BCUT2D eigenvalue weighted by Gasteiger charge is 2.55. The zero-order valence-electron chi connectivity index (χ0n) is 16.7. The van der Waals surface area contributed by atoms with Gasteiger partial charge in [0.05, 0.1) is 11.4 Å². The van der Waals surface area contributed by atoms with Crippen LogP contribution in [0.1, 0.15) is 33.6 Å². The lowest BCUT2D eigenvalue weighted by atomic mass is 10.1. The summed E-state index contributed by atoms with van der Waals surface area (Å²) in [6.07, 6.45) is 1.17. The minimum absolute atomic E-state index is 0.185. The van der Waals surface area contributed by atoms with E-state index in [4.69, 9.17) is 10.7 Å². The summed E-state index contributed by atoms with van der Waals surface area (Å²) in [5.74, 6) is 0.462. The number of hydrogen-bond donors (Lipinski definition) is 1. The molecule has 3 heterocycles. The van der Waals surface area contributed by atoms with E-state index in [-0.39, 0.29) is 11.9 Å². The first kappa shape index (κ1) is 18.3. The number of anilines is 2. The number of para-hydroxylation sites is 2. The van der Waals surface area contributed by atoms with E-state index < -0.39 is 12.2 Å². The number of likely N-dealkylation sites (N-methyl/N-ethyl adjacent to an activating group) is 1. The summed E-state index contributed by atoms with van der Waals surface area (Å²) < 4.78 is 0. The number of aliphatic imine (C=N–C) groups is 1. The van der Waals surface area contributed by atoms with E-state index in [9.17, 15) is 9.59 Å². The molecule has 2 N–H and O–H groups in total. The van der Waals surface area contributed by atoms with E-state index in [1.165, 1.54) is 4.90 Å². The molecule has 1 aromatic rings. The first-order chi connectivity index (χ1) is 13.4. The molecule has 3 amide bonds. The van der Waals surface area contributed by atoms with Crippen molar-refractivity contribution in [2.45, 2.75) is 45.8 Å². The van der Waals surface area contributed by atoms with Gasteiger partial charge in [0.2, 0.25) is 5.96 Å². The molecule has 0 saturated carbocycles. The predicted octanol–water partition coefficient (Wildman–Crippen LogP) is 2.40. The molecule has 3 aliphatic rings. The van der Waals surface area contributed by atoms with Crippen molar-refractivity contribution in [3.05, 3.63) is 35.7 Å². The molecule has 0 aliphatic carbocycles. The lowest BCUT2D eigenvalue weighted by molar-refractivity contribution is -0.136. The topological polar surface area (TPSA) is 85.5 Å². The average Bonchev–Trinajstić information content (AvgIpc) is 3.17. The van der Waals surface area contributed by atoms with Crippen LogP contribution >= 0.6 is 0 Å². The molecule has 0 radical (unpaired) electrons. The number of fused-ring (bicyclic) bond motifs is 3. The lowest BCUT2D eigenvalue weighted by Gasteiger charge is -2.40. The molecule has 28 heavy (non-hydrogen) atoms. The van der Waals surface area contributed by atoms with Crippen LogP contribution < -0.4 is 10.6 Å². The van der Waals surface area contributed by atoms with Gasteiger partial charge in [0, 0.05) is 25.0 Å². The summed E-state index contributed by atoms with van der Waals surface area (Å²) in [4.78, 5) is 37.7. The minimum Gasteiger partial charge on any atom is -0.397 e. The van der Waals surface area contributed by atoms with Gasteiger partial charge in [0.15, 0.2) is 12.2 Å². The molecule has 148 valence electrons. The van der Waals surface area contributed by atoms with E-state index in [1.54, 1.807) is 11.9 Å². The van der Waals surface area contributed by atoms with Gasteiger partial charge in [0.1, 0.15) is 0 Å². The number of nitrogen functional groups attached to an aromatic ring is 1. The molecule has 1 saturated heterocycles. The first-order valence-electron chi connectivity index (χ1n) is 9.65. The molecule has 2 unspecified atom stereocenters. The van der Waals surface area contributed by atoms with Gasteiger partial charge in [-0.2, -0.15) is 0 Å². The summed E-state index contributed by atoms with van der Waals surface area (Å²) in [6, 6.07) is 6.76. The van der Waals surface area contributed by atoms with Gasteiger partial charge in [-0.3, -0.25) is 19.5 Å². The highest BCUT2D eigenvalue weighted by molar-refractivity contribution is 6.11. The molecule has 8 nitrogen and oxygen atoms in total. The Morgan fingerprint density at radius 2 is 1.86 bits per heavy atom. The van der Waals surface area contributed by atoms with Gasteiger partial charge in [-0.25, -0.2) is 9.79 Å². The number of carbonyl (C=O) groups excluding carboxylic acids is 2. The number of amides is 3. The molecule has 1 fully saturated rings. The third-order valence-corrected chi connectivity index (χ3v) is 5.81. The van der Waals surface area contributed by atoms with Crippen LogP contribution in [0.3, 0.4) is 0 Å². The van der Waals surface area contributed by atoms with Crippen molar-refractivity contribution in [3.8, 4) is 0 Å². The van der Waals surface area contributed by atoms with Crippen molar-refractivity contribution in [1.29, 1.82) is 0 Å². The quantitative estimate of drug-likeness (QED) is 0.808. The average molecular weight is 382 g/mol. The maximum absolute atomic E-state index is 13.3. The molecule has 0 aromatic heterocycles. The number of guanidine groups is 1. The summed E-state index contributed by atoms with van der Waals surface area (Å²) in [6.45, 7) is 6.45. The second-order valence-electron chi connectivity index (χ2n) is 7.46. The highest BCUT2D eigenvalue weighted by atomic mass is 16.2. The molecule has 8 heteroatoms. The van der Waals surface area contributed by atoms with Crippen LogP contribution in [-0.4, -0.2) is 58.4 Å². The molecular formula is C20H26N6O2. The smallest absolute Gasteiger partial charge is 0.328 e. The summed E-state index contributed by atoms with van der Waals surface area (Å²) in [5, 5.41) is 0. The molecule has 1 aromatic carbocycles. The fraction of sp³-hybridized carbons (Fsp3) is 0.450.